The molecule has 0 saturated heterocycles. The van der Waals surface area contributed by atoms with E-state index < -0.39 is 5.97 Å². The summed E-state index contributed by atoms with van der Waals surface area (Å²) < 4.78 is 0.915. The maximum absolute atomic E-state index is 10.3. The van der Waals surface area contributed by atoms with Crippen LogP contribution in [0, 0.1) is 13.8 Å². The third-order valence-electron chi connectivity index (χ3n) is 2.02. The van der Waals surface area contributed by atoms with E-state index in [2.05, 4.69) is 15.9 Å². The number of halogens is 1. The van der Waals surface area contributed by atoms with Gasteiger partial charge in [0.2, 0.25) is 0 Å². The van der Waals surface area contributed by atoms with Crippen molar-refractivity contribution in [3.05, 3.63) is 39.4 Å². The standard InChI is InChI=1S/C11H11BrO2/c1-7-5-9(3-4-11(13)14)10(12)6-8(7)2/h3-6H,1-2H3,(H,13,14)/b4-3+. The first-order valence-electron chi connectivity index (χ1n) is 4.18. The Morgan fingerprint density at radius 1 is 1.36 bits per heavy atom. The van der Waals surface area contributed by atoms with E-state index in [9.17, 15) is 4.79 Å². The van der Waals surface area contributed by atoms with Crippen molar-refractivity contribution in [3.63, 3.8) is 0 Å². The lowest BCUT2D eigenvalue weighted by Crippen LogP contribution is -1.88. The number of carboxylic acids is 1. The molecule has 74 valence electrons. The summed E-state index contributed by atoms with van der Waals surface area (Å²) in [4.78, 5) is 10.3. The number of hydrogen-bond donors (Lipinski definition) is 1. The molecule has 1 rings (SSSR count). The van der Waals surface area contributed by atoms with Crippen LogP contribution in [0.25, 0.3) is 6.08 Å². The fourth-order valence-corrected chi connectivity index (χ4v) is 1.68. The molecule has 0 bridgehead atoms. The Bertz CT molecular complexity index is 395. The van der Waals surface area contributed by atoms with Crippen molar-refractivity contribution in [2.24, 2.45) is 0 Å². The largest absolute Gasteiger partial charge is 0.478 e. The van der Waals surface area contributed by atoms with Crippen molar-refractivity contribution in [1.29, 1.82) is 0 Å². The summed E-state index contributed by atoms with van der Waals surface area (Å²) in [5.41, 5.74) is 3.22. The zero-order valence-electron chi connectivity index (χ0n) is 8.04. The molecule has 1 aromatic rings. The lowest BCUT2D eigenvalue weighted by atomic mass is 10.1. The van der Waals surface area contributed by atoms with Gasteiger partial charge in [0.1, 0.15) is 0 Å². The quantitative estimate of drug-likeness (QED) is 0.824. The van der Waals surface area contributed by atoms with Crippen LogP contribution in [0.1, 0.15) is 16.7 Å². The summed E-state index contributed by atoms with van der Waals surface area (Å²) in [6, 6.07) is 3.94. The molecular formula is C11H11BrO2. The predicted molar refractivity (Wildman–Crippen MR) is 60.3 cm³/mol. The SMILES string of the molecule is Cc1cc(Br)c(/C=C/C(=O)O)cc1C. The second-order valence-corrected chi connectivity index (χ2v) is 3.98. The molecular weight excluding hydrogens is 244 g/mol. The van der Waals surface area contributed by atoms with Gasteiger partial charge in [-0.2, -0.15) is 0 Å². The molecule has 2 nitrogen and oxygen atoms in total. The fraction of sp³-hybridized carbons (Fsp3) is 0.182. The monoisotopic (exact) mass is 254 g/mol. The fourth-order valence-electron chi connectivity index (χ4n) is 1.09. The normalized spacial score (nSPS) is 10.8. The second-order valence-electron chi connectivity index (χ2n) is 3.13. The number of benzene rings is 1. The highest BCUT2D eigenvalue weighted by Crippen LogP contribution is 2.22. The Hall–Kier alpha value is -1.09. The molecule has 0 unspecified atom stereocenters. The third-order valence-corrected chi connectivity index (χ3v) is 2.71. The van der Waals surface area contributed by atoms with Gasteiger partial charge in [-0.1, -0.05) is 22.0 Å². The highest BCUT2D eigenvalue weighted by Gasteiger charge is 2.00. The number of aryl methyl sites for hydroxylation is 2. The molecule has 14 heavy (non-hydrogen) atoms. The number of hydrogen-bond acceptors (Lipinski definition) is 1. The Morgan fingerprint density at radius 2 is 1.93 bits per heavy atom. The Kier molecular flexibility index (Phi) is 3.47. The second kappa shape index (κ2) is 4.42. The van der Waals surface area contributed by atoms with E-state index in [1.165, 1.54) is 5.56 Å². The van der Waals surface area contributed by atoms with Crippen molar-refractivity contribution in [1.82, 2.24) is 0 Å². The summed E-state index contributed by atoms with van der Waals surface area (Å²) in [6.07, 6.45) is 2.72. The van der Waals surface area contributed by atoms with E-state index in [0.29, 0.717) is 0 Å². The summed E-state index contributed by atoms with van der Waals surface area (Å²) in [5.74, 6) is -0.935. The first kappa shape index (κ1) is 11.0. The molecule has 1 aromatic carbocycles. The van der Waals surface area contributed by atoms with Crippen LogP contribution in [0.5, 0.6) is 0 Å². The van der Waals surface area contributed by atoms with Crippen molar-refractivity contribution in [2.45, 2.75) is 13.8 Å². The van der Waals surface area contributed by atoms with Gasteiger partial charge in [0.15, 0.2) is 0 Å². The minimum atomic E-state index is -0.935. The van der Waals surface area contributed by atoms with Crippen molar-refractivity contribution in [2.75, 3.05) is 0 Å². The molecule has 0 aromatic heterocycles. The number of carbonyl (C=O) groups is 1. The van der Waals surface area contributed by atoms with Gasteiger partial charge in [-0.05, 0) is 42.7 Å². The van der Waals surface area contributed by atoms with Crippen LogP contribution in [0.4, 0.5) is 0 Å². The average Bonchev–Trinajstić information content (AvgIpc) is 2.09. The van der Waals surface area contributed by atoms with Crippen LogP contribution in [-0.4, -0.2) is 11.1 Å². The molecule has 0 aliphatic heterocycles. The van der Waals surface area contributed by atoms with Crippen molar-refractivity contribution < 1.29 is 9.90 Å². The summed E-state index contributed by atoms with van der Waals surface area (Å²) in [6.45, 7) is 4.02. The Morgan fingerprint density at radius 3 is 2.50 bits per heavy atom. The third kappa shape index (κ3) is 2.70. The van der Waals surface area contributed by atoms with E-state index in [0.717, 1.165) is 21.7 Å². The van der Waals surface area contributed by atoms with E-state index in [4.69, 9.17) is 5.11 Å². The van der Waals surface area contributed by atoms with Crippen LogP contribution in [0.15, 0.2) is 22.7 Å². The average molecular weight is 255 g/mol. The molecule has 0 amide bonds. The van der Waals surface area contributed by atoms with E-state index >= 15 is 0 Å². The summed E-state index contributed by atoms with van der Waals surface area (Å²) >= 11 is 3.39. The molecule has 0 aliphatic rings. The maximum atomic E-state index is 10.3. The lowest BCUT2D eigenvalue weighted by Gasteiger charge is -2.04. The number of aliphatic carboxylic acids is 1. The molecule has 1 N–H and O–H groups in total. The van der Waals surface area contributed by atoms with Crippen LogP contribution >= 0.6 is 15.9 Å². The van der Waals surface area contributed by atoms with E-state index in [1.54, 1.807) is 6.08 Å². The van der Waals surface area contributed by atoms with Crippen LogP contribution in [-0.2, 0) is 4.79 Å². The van der Waals surface area contributed by atoms with Crippen LogP contribution < -0.4 is 0 Å². The smallest absolute Gasteiger partial charge is 0.328 e. The van der Waals surface area contributed by atoms with E-state index in [-0.39, 0.29) is 0 Å². The summed E-state index contributed by atoms with van der Waals surface area (Å²) in [7, 11) is 0. The first-order valence-corrected chi connectivity index (χ1v) is 4.98. The summed E-state index contributed by atoms with van der Waals surface area (Å²) in [5, 5.41) is 8.49. The molecule has 3 heteroatoms. The Labute approximate surface area is 91.4 Å². The molecule has 0 fully saturated rings. The zero-order chi connectivity index (χ0) is 10.7. The lowest BCUT2D eigenvalue weighted by molar-refractivity contribution is -0.131. The maximum Gasteiger partial charge on any atom is 0.328 e. The molecule has 0 radical (unpaired) electrons. The van der Waals surface area contributed by atoms with Gasteiger partial charge in [-0.25, -0.2) is 4.79 Å². The molecule has 0 atom stereocenters. The zero-order valence-corrected chi connectivity index (χ0v) is 9.63. The van der Waals surface area contributed by atoms with Gasteiger partial charge < -0.3 is 5.11 Å². The first-order chi connectivity index (χ1) is 6.50. The van der Waals surface area contributed by atoms with Gasteiger partial charge in [0.05, 0.1) is 0 Å². The number of carboxylic acid groups (broad SMARTS) is 1. The number of rotatable bonds is 2. The highest BCUT2D eigenvalue weighted by atomic mass is 79.9. The van der Waals surface area contributed by atoms with E-state index in [1.807, 2.05) is 26.0 Å². The minimum absolute atomic E-state index is 0.885. The molecule has 0 saturated carbocycles. The molecule has 0 heterocycles. The van der Waals surface area contributed by atoms with Gasteiger partial charge in [-0.15, -0.1) is 0 Å². The van der Waals surface area contributed by atoms with Gasteiger partial charge in [0, 0.05) is 10.5 Å². The van der Waals surface area contributed by atoms with Gasteiger partial charge in [0.25, 0.3) is 0 Å². The van der Waals surface area contributed by atoms with Gasteiger partial charge in [-0.3, -0.25) is 0 Å². The topological polar surface area (TPSA) is 37.3 Å². The molecule has 0 spiro atoms. The van der Waals surface area contributed by atoms with Crippen LogP contribution in [0.3, 0.4) is 0 Å². The van der Waals surface area contributed by atoms with Crippen molar-refractivity contribution >= 4 is 28.0 Å². The highest BCUT2D eigenvalue weighted by molar-refractivity contribution is 9.10. The molecule has 0 aliphatic carbocycles. The van der Waals surface area contributed by atoms with Crippen LogP contribution in [0.2, 0.25) is 0 Å². The minimum Gasteiger partial charge on any atom is -0.478 e. The van der Waals surface area contributed by atoms with Crippen molar-refractivity contribution in [3.8, 4) is 0 Å². The Balaban J connectivity index is 3.10. The predicted octanol–water partition coefficient (Wildman–Crippen LogP) is 3.16. The van der Waals surface area contributed by atoms with Gasteiger partial charge >= 0.3 is 5.97 Å².